The van der Waals surface area contributed by atoms with Crippen LogP contribution >= 0.6 is 0 Å². The van der Waals surface area contributed by atoms with E-state index in [1.54, 1.807) is 0 Å². The number of halogens is 3. The predicted molar refractivity (Wildman–Crippen MR) is 53.6 cm³/mol. The van der Waals surface area contributed by atoms with Crippen LogP contribution in [0.2, 0.25) is 0 Å². The molecule has 2 rings (SSSR count). The van der Waals surface area contributed by atoms with Gasteiger partial charge in [-0.15, -0.1) is 0 Å². The molecule has 1 aliphatic carbocycles. The second-order valence-corrected chi connectivity index (χ2v) is 4.87. The Hall–Kier alpha value is -0.820. The number of alkyl halides is 3. The summed E-state index contributed by atoms with van der Waals surface area (Å²) in [5.74, 6) is -1.04. The van der Waals surface area contributed by atoms with Gasteiger partial charge >= 0.3 is 12.1 Å². The summed E-state index contributed by atoms with van der Waals surface area (Å²) >= 11 is 0. The van der Waals surface area contributed by atoms with Crippen LogP contribution < -0.4 is 5.32 Å². The SMILES string of the molecule is O=C(O)CC1(N(CC(F)(F)F)C2CC2)CNC1. The van der Waals surface area contributed by atoms with Gasteiger partial charge in [0.05, 0.1) is 18.5 Å². The fourth-order valence-corrected chi connectivity index (χ4v) is 2.39. The topological polar surface area (TPSA) is 52.6 Å². The zero-order chi connectivity index (χ0) is 12.7. The number of hydrogen-bond donors (Lipinski definition) is 2. The zero-order valence-corrected chi connectivity index (χ0v) is 9.26. The molecule has 1 saturated heterocycles. The summed E-state index contributed by atoms with van der Waals surface area (Å²) < 4.78 is 37.5. The van der Waals surface area contributed by atoms with Crippen LogP contribution in [0.1, 0.15) is 19.3 Å². The van der Waals surface area contributed by atoms with Crippen molar-refractivity contribution in [3.63, 3.8) is 0 Å². The molecule has 2 N–H and O–H groups in total. The Bertz CT molecular complexity index is 311. The molecular formula is C10H15F3N2O2. The first-order chi connectivity index (χ1) is 7.82. The zero-order valence-electron chi connectivity index (χ0n) is 9.26. The summed E-state index contributed by atoms with van der Waals surface area (Å²) in [7, 11) is 0. The summed E-state index contributed by atoms with van der Waals surface area (Å²) in [6.45, 7) is -0.357. The Morgan fingerprint density at radius 3 is 2.29 bits per heavy atom. The van der Waals surface area contributed by atoms with E-state index < -0.39 is 24.2 Å². The molecule has 4 nitrogen and oxygen atoms in total. The summed E-state index contributed by atoms with van der Waals surface area (Å²) in [5.41, 5.74) is -0.845. The third kappa shape index (κ3) is 2.90. The van der Waals surface area contributed by atoms with Crippen LogP contribution in [0.4, 0.5) is 13.2 Å². The Kier molecular flexibility index (Phi) is 3.07. The largest absolute Gasteiger partial charge is 0.481 e. The van der Waals surface area contributed by atoms with Gasteiger partial charge in [0.1, 0.15) is 0 Å². The van der Waals surface area contributed by atoms with Gasteiger partial charge in [-0.25, -0.2) is 0 Å². The van der Waals surface area contributed by atoms with Crippen LogP contribution in [0.3, 0.4) is 0 Å². The first-order valence-corrected chi connectivity index (χ1v) is 5.58. The van der Waals surface area contributed by atoms with Crippen LogP contribution in [0.5, 0.6) is 0 Å². The van der Waals surface area contributed by atoms with Gasteiger partial charge in [-0.05, 0) is 12.8 Å². The molecule has 2 fully saturated rings. The monoisotopic (exact) mass is 252 g/mol. The van der Waals surface area contributed by atoms with E-state index in [0.717, 1.165) is 12.8 Å². The lowest BCUT2D eigenvalue weighted by Crippen LogP contribution is -2.71. The van der Waals surface area contributed by atoms with Gasteiger partial charge in [-0.1, -0.05) is 0 Å². The van der Waals surface area contributed by atoms with Crippen LogP contribution in [-0.2, 0) is 4.79 Å². The van der Waals surface area contributed by atoms with E-state index in [-0.39, 0.29) is 12.5 Å². The third-order valence-electron chi connectivity index (χ3n) is 3.33. The lowest BCUT2D eigenvalue weighted by atomic mass is 9.86. The van der Waals surface area contributed by atoms with E-state index in [2.05, 4.69) is 5.32 Å². The van der Waals surface area contributed by atoms with Gasteiger partial charge in [0.25, 0.3) is 0 Å². The van der Waals surface area contributed by atoms with Crippen molar-refractivity contribution >= 4 is 5.97 Å². The van der Waals surface area contributed by atoms with Gasteiger partial charge in [0.2, 0.25) is 0 Å². The Morgan fingerprint density at radius 1 is 1.41 bits per heavy atom. The van der Waals surface area contributed by atoms with Crippen LogP contribution in [0.25, 0.3) is 0 Å². The lowest BCUT2D eigenvalue weighted by Gasteiger charge is -2.50. The number of rotatable bonds is 5. The molecule has 0 radical (unpaired) electrons. The number of hydrogen-bond acceptors (Lipinski definition) is 3. The van der Waals surface area contributed by atoms with E-state index in [1.165, 1.54) is 4.90 Å². The number of aliphatic carboxylic acids is 1. The summed E-state index contributed by atoms with van der Waals surface area (Å²) in [6, 6.07) is -0.0990. The van der Waals surface area contributed by atoms with E-state index in [4.69, 9.17) is 5.11 Å². The van der Waals surface area contributed by atoms with Crippen molar-refractivity contribution in [1.29, 1.82) is 0 Å². The van der Waals surface area contributed by atoms with Crippen molar-refractivity contribution < 1.29 is 23.1 Å². The Morgan fingerprint density at radius 2 is 2.00 bits per heavy atom. The average molecular weight is 252 g/mol. The molecule has 0 amide bonds. The Labute approximate surface area is 96.8 Å². The van der Waals surface area contributed by atoms with Gasteiger partial charge in [0.15, 0.2) is 0 Å². The van der Waals surface area contributed by atoms with Gasteiger partial charge < -0.3 is 10.4 Å². The van der Waals surface area contributed by atoms with Gasteiger partial charge in [0, 0.05) is 19.1 Å². The quantitative estimate of drug-likeness (QED) is 0.761. The number of nitrogens with zero attached hydrogens (tertiary/aromatic N) is 1. The van der Waals surface area contributed by atoms with E-state index in [0.29, 0.717) is 13.1 Å². The van der Waals surface area contributed by atoms with Crippen molar-refractivity contribution in [2.45, 2.75) is 37.0 Å². The molecule has 7 heteroatoms. The number of carboxylic acid groups (broad SMARTS) is 1. The van der Waals surface area contributed by atoms with Gasteiger partial charge in [-0.2, -0.15) is 13.2 Å². The molecule has 0 aromatic heterocycles. The minimum atomic E-state index is -4.27. The highest BCUT2D eigenvalue weighted by Gasteiger charge is 2.52. The van der Waals surface area contributed by atoms with Crippen LogP contribution in [0.15, 0.2) is 0 Å². The molecule has 1 heterocycles. The molecule has 0 bridgehead atoms. The normalized spacial score (nSPS) is 23.5. The molecule has 0 unspecified atom stereocenters. The molecule has 0 aromatic rings. The highest BCUT2D eigenvalue weighted by atomic mass is 19.4. The lowest BCUT2D eigenvalue weighted by molar-refractivity contribution is -0.171. The van der Waals surface area contributed by atoms with Crippen LogP contribution in [0, 0.1) is 0 Å². The fourth-order valence-electron chi connectivity index (χ4n) is 2.39. The van der Waals surface area contributed by atoms with Crippen molar-refractivity contribution in [1.82, 2.24) is 10.2 Å². The number of carbonyl (C=O) groups is 1. The molecule has 1 saturated carbocycles. The molecule has 98 valence electrons. The second-order valence-electron chi connectivity index (χ2n) is 4.87. The predicted octanol–water partition coefficient (Wildman–Crippen LogP) is 0.830. The number of carboxylic acids is 1. The Balaban J connectivity index is 2.10. The summed E-state index contributed by atoms with van der Waals surface area (Å²) in [6.07, 6.45) is -3.04. The molecule has 0 atom stereocenters. The highest BCUT2D eigenvalue weighted by Crippen LogP contribution is 2.38. The first-order valence-electron chi connectivity index (χ1n) is 5.58. The van der Waals surface area contributed by atoms with E-state index in [9.17, 15) is 18.0 Å². The van der Waals surface area contributed by atoms with Crippen molar-refractivity contribution in [3.05, 3.63) is 0 Å². The molecule has 0 aromatic carbocycles. The molecule has 0 spiro atoms. The summed E-state index contributed by atoms with van der Waals surface area (Å²) in [5, 5.41) is 11.7. The van der Waals surface area contributed by atoms with Crippen molar-refractivity contribution in [3.8, 4) is 0 Å². The van der Waals surface area contributed by atoms with E-state index >= 15 is 0 Å². The maximum Gasteiger partial charge on any atom is 0.401 e. The average Bonchev–Trinajstić information content (AvgIpc) is 2.88. The van der Waals surface area contributed by atoms with Crippen molar-refractivity contribution in [2.24, 2.45) is 0 Å². The minimum Gasteiger partial charge on any atom is -0.481 e. The smallest absolute Gasteiger partial charge is 0.401 e. The maximum atomic E-state index is 12.5. The third-order valence-corrected chi connectivity index (χ3v) is 3.33. The first kappa shape index (κ1) is 12.6. The number of nitrogens with one attached hydrogen (secondary N) is 1. The second kappa shape index (κ2) is 4.13. The minimum absolute atomic E-state index is 0.0990. The van der Waals surface area contributed by atoms with Gasteiger partial charge in [-0.3, -0.25) is 9.69 Å². The maximum absolute atomic E-state index is 12.5. The molecule has 17 heavy (non-hydrogen) atoms. The molecule has 1 aliphatic heterocycles. The van der Waals surface area contributed by atoms with Crippen molar-refractivity contribution in [2.75, 3.05) is 19.6 Å². The highest BCUT2D eigenvalue weighted by molar-refractivity contribution is 5.69. The standard InChI is InChI=1S/C10H15F3N2O2/c11-10(12,13)6-15(7-1-2-7)9(3-8(16)17)4-14-5-9/h7,14H,1-6H2,(H,16,17). The fraction of sp³-hybridized carbons (Fsp3) is 0.900. The van der Waals surface area contributed by atoms with Crippen LogP contribution in [-0.4, -0.2) is 53.4 Å². The molecular weight excluding hydrogens is 237 g/mol. The van der Waals surface area contributed by atoms with E-state index in [1.807, 2.05) is 0 Å². The summed E-state index contributed by atoms with van der Waals surface area (Å²) in [4.78, 5) is 12.1. The molecule has 2 aliphatic rings.